The zero-order valence-corrected chi connectivity index (χ0v) is 14.3. The number of aromatic nitrogens is 4. The Morgan fingerprint density at radius 3 is 2.56 bits per heavy atom. The molecule has 0 aliphatic carbocycles. The molecule has 3 rings (SSSR count). The van der Waals surface area contributed by atoms with Crippen molar-refractivity contribution in [1.82, 2.24) is 25.5 Å². The van der Waals surface area contributed by atoms with Gasteiger partial charge in [-0.2, -0.15) is 4.68 Å². The van der Waals surface area contributed by atoms with Crippen LogP contribution in [0.2, 0.25) is 5.02 Å². The lowest BCUT2D eigenvalue weighted by Gasteiger charge is -2.07. The summed E-state index contributed by atoms with van der Waals surface area (Å²) in [7, 11) is 1.60. The van der Waals surface area contributed by atoms with Crippen molar-refractivity contribution < 1.29 is 9.53 Å². The number of carbonyl (C=O) groups excluding carboxylic acids is 1. The predicted octanol–water partition coefficient (Wildman–Crippen LogP) is 2.18. The van der Waals surface area contributed by atoms with E-state index in [1.54, 1.807) is 36.1 Å². The van der Waals surface area contributed by atoms with Gasteiger partial charge in [-0.15, -0.1) is 5.10 Å². The van der Waals surface area contributed by atoms with E-state index in [1.165, 1.54) is 0 Å². The topological polar surface area (TPSA) is 81.9 Å². The van der Waals surface area contributed by atoms with Gasteiger partial charge in [-0.3, -0.25) is 4.79 Å². The SMILES string of the molecule is COc1ccc(CC(=O)NCc2nnnn2-c2ccc(Cl)cc2)cc1. The summed E-state index contributed by atoms with van der Waals surface area (Å²) in [5.41, 5.74) is 1.67. The molecule has 0 saturated heterocycles. The number of carbonyl (C=O) groups is 1. The highest BCUT2D eigenvalue weighted by Crippen LogP contribution is 2.14. The summed E-state index contributed by atoms with van der Waals surface area (Å²) in [6.07, 6.45) is 0.270. The van der Waals surface area contributed by atoms with Crippen LogP contribution in [0.25, 0.3) is 5.69 Å². The summed E-state index contributed by atoms with van der Waals surface area (Å²) >= 11 is 5.89. The Labute approximate surface area is 149 Å². The molecular formula is C17H16ClN5O2. The zero-order chi connectivity index (χ0) is 17.6. The van der Waals surface area contributed by atoms with Gasteiger partial charge in [0.25, 0.3) is 0 Å². The minimum atomic E-state index is -0.115. The van der Waals surface area contributed by atoms with Crippen LogP contribution >= 0.6 is 11.6 Å². The molecule has 0 aliphatic heterocycles. The van der Waals surface area contributed by atoms with Crippen molar-refractivity contribution in [1.29, 1.82) is 0 Å². The molecule has 0 unspecified atom stereocenters. The van der Waals surface area contributed by atoms with E-state index in [-0.39, 0.29) is 18.9 Å². The van der Waals surface area contributed by atoms with E-state index in [1.807, 2.05) is 24.3 Å². The van der Waals surface area contributed by atoms with E-state index in [2.05, 4.69) is 20.8 Å². The largest absolute Gasteiger partial charge is 0.497 e. The van der Waals surface area contributed by atoms with Gasteiger partial charge in [0, 0.05) is 5.02 Å². The Kier molecular flexibility index (Phi) is 5.25. The summed E-state index contributed by atoms with van der Waals surface area (Å²) in [6, 6.07) is 14.5. The van der Waals surface area contributed by atoms with Crippen molar-refractivity contribution in [3.05, 3.63) is 64.9 Å². The summed E-state index contributed by atoms with van der Waals surface area (Å²) in [6.45, 7) is 0.227. The highest BCUT2D eigenvalue weighted by atomic mass is 35.5. The molecule has 0 saturated carbocycles. The van der Waals surface area contributed by atoms with Crippen LogP contribution in [0.5, 0.6) is 5.75 Å². The van der Waals surface area contributed by atoms with Crippen molar-refractivity contribution in [2.24, 2.45) is 0 Å². The second kappa shape index (κ2) is 7.76. The maximum atomic E-state index is 12.1. The first-order chi connectivity index (χ1) is 12.2. The molecule has 2 aromatic carbocycles. The summed E-state index contributed by atoms with van der Waals surface area (Å²) < 4.78 is 6.66. The van der Waals surface area contributed by atoms with E-state index >= 15 is 0 Å². The minimum Gasteiger partial charge on any atom is -0.497 e. The van der Waals surface area contributed by atoms with E-state index in [0.29, 0.717) is 10.8 Å². The van der Waals surface area contributed by atoms with Crippen molar-refractivity contribution in [3.8, 4) is 11.4 Å². The molecule has 8 heteroatoms. The molecule has 128 valence electrons. The van der Waals surface area contributed by atoms with Crippen LogP contribution in [0.1, 0.15) is 11.4 Å². The molecule has 25 heavy (non-hydrogen) atoms. The molecule has 7 nitrogen and oxygen atoms in total. The van der Waals surface area contributed by atoms with Crippen LogP contribution < -0.4 is 10.1 Å². The zero-order valence-electron chi connectivity index (χ0n) is 13.5. The predicted molar refractivity (Wildman–Crippen MR) is 92.7 cm³/mol. The number of tetrazole rings is 1. The average Bonchev–Trinajstić information content (AvgIpc) is 3.10. The molecular weight excluding hydrogens is 342 g/mol. The molecule has 0 radical (unpaired) electrons. The van der Waals surface area contributed by atoms with Crippen LogP contribution in [-0.4, -0.2) is 33.2 Å². The highest BCUT2D eigenvalue weighted by molar-refractivity contribution is 6.30. The number of amides is 1. The van der Waals surface area contributed by atoms with Crippen LogP contribution in [0.15, 0.2) is 48.5 Å². The number of ether oxygens (including phenoxy) is 1. The quantitative estimate of drug-likeness (QED) is 0.731. The second-order valence-corrected chi connectivity index (χ2v) is 5.72. The minimum absolute atomic E-state index is 0.115. The van der Waals surface area contributed by atoms with Crippen molar-refractivity contribution in [2.75, 3.05) is 7.11 Å². The standard InChI is InChI=1S/C17H16ClN5O2/c1-25-15-8-2-12(3-9-15)10-17(24)19-11-16-20-21-22-23(16)14-6-4-13(18)5-7-14/h2-9H,10-11H2,1H3,(H,19,24). The number of hydrogen-bond donors (Lipinski definition) is 1. The van der Waals surface area contributed by atoms with E-state index in [0.717, 1.165) is 17.0 Å². The first-order valence-electron chi connectivity index (χ1n) is 7.58. The number of hydrogen-bond acceptors (Lipinski definition) is 5. The van der Waals surface area contributed by atoms with Crippen LogP contribution in [0.3, 0.4) is 0 Å². The molecule has 1 aromatic heterocycles. The van der Waals surface area contributed by atoms with Gasteiger partial charge in [-0.05, 0) is 52.4 Å². The fourth-order valence-corrected chi connectivity index (χ4v) is 2.39. The van der Waals surface area contributed by atoms with Crippen LogP contribution in [0, 0.1) is 0 Å². The highest BCUT2D eigenvalue weighted by Gasteiger charge is 2.10. The number of benzene rings is 2. The van der Waals surface area contributed by atoms with Gasteiger partial charge in [0.05, 0.1) is 25.8 Å². The molecule has 1 amide bonds. The maximum Gasteiger partial charge on any atom is 0.224 e. The molecule has 0 bridgehead atoms. The summed E-state index contributed by atoms with van der Waals surface area (Å²) in [5, 5.41) is 15.0. The van der Waals surface area contributed by atoms with Gasteiger partial charge in [0.2, 0.25) is 5.91 Å². The van der Waals surface area contributed by atoms with Crippen molar-refractivity contribution in [3.63, 3.8) is 0 Å². The smallest absolute Gasteiger partial charge is 0.224 e. The number of methoxy groups -OCH3 is 1. The molecule has 0 aliphatic rings. The van der Waals surface area contributed by atoms with E-state index in [4.69, 9.17) is 16.3 Å². The molecule has 1 N–H and O–H groups in total. The maximum absolute atomic E-state index is 12.1. The molecule has 0 atom stereocenters. The molecule has 0 spiro atoms. The number of nitrogens with zero attached hydrogens (tertiary/aromatic N) is 4. The number of rotatable bonds is 6. The van der Waals surface area contributed by atoms with Crippen LogP contribution in [0.4, 0.5) is 0 Å². The first-order valence-corrected chi connectivity index (χ1v) is 7.96. The Hall–Kier alpha value is -2.93. The fraction of sp³-hybridized carbons (Fsp3) is 0.176. The molecule has 0 fully saturated rings. The third kappa shape index (κ3) is 4.33. The van der Waals surface area contributed by atoms with Gasteiger partial charge in [-0.25, -0.2) is 0 Å². The fourth-order valence-electron chi connectivity index (χ4n) is 2.27. The lowest BCUT2D eigenvalue weighted by atomic mass is 10.1. The Balaban J connectivity index is 1.61. The third-order valence-corrected chi connectivity index (χ3v) is 3.82. The van der Waals surface area contributed by atoms with Gasteiger partial charge in [-0.1, -0.05) is 23.7 Å². The van der Waals surface area contributed by atoms with E-state index < -0.39 is 0 Å². The Morgan fingerprint density at radius 1 is 1.16 bits per heavy atom. The lowest BCUT2D eigenvalue weighted by molar-refractivity contribution is -0.120. The summed E-state index contributed by atoms with van der Waals surface area (Å²) in [4.78, 5) is 12.1. The number of nitrogens with one attached hydrogen (secondary N) is 1. The van der Waals surface area contributed by atoms with Gasteiger partial charge >= 0.3 is 0 Å². The van der Waals surface area contributed by atoms with E-state index in [9.17, 15) is 4.79 Å². The number of halogens is 1. The van der Waals surface area contributed by atoms with Crippen LogP contribution in [-0.2, 0) is 17.8 Å². The molecule has 3 aromatic rings. The van der Waals surface area contributed by atoms with Gasteiger partial charge in [0.15, 0.2) is 5.82 Å². The van der Waals surface area contributed by atoms with Gasteiger partial charge < -0.3 is 10.1 Å². The third-order valence-electron chi connectivity index (χ3n) is 3.57. The van der Waals surface area contributed by atoms with Crippen molar-refractivity contribution >= 4 is 17.5 Å². The first kappa shape index (κ1) is 16.9. The van der Waals surface area contributed by atoms with Gasteiger partial charge in [0.1, 0.15) is 5.75 Å². The monoisotopic (exact) mass is 357 g/mol. The average molecular weight is 358 g/mol. The Morgan fingerprint density at radius 2 is 1.88 bits per heavy atom. The van der Waals surface area contributed by atoms with Crippen molar-refractivity contribution in [2.45, 2.75) is 13.0 Å². The Bertz CT molecular complexity index is 846. The second-order valence-electron chi connectivity index (χ2n) is 5.28. The normalized spacial score (nSPS) is 10.5. The molecule has 1 heterocycles. The lowest BCUT2D eigenvalue weighted by Crippen LogP contribution is -2.26. The summed E-state index contributed by atoms with van der Waals surface area (Å²) in [5.74, 6) is 1.17.